The second-order valence-electron chi connectivity index (χ2n) is 8.35. The van der Waals surface area contributed by atoms with E-state index in [0.717, 1.165) is 5.56 Å². The molecule has 7 nitrogen and oxygen atoms in total. The number of aryl methyl sites for hydroxylation is 1. The van der Waals surface area contributed by atoms with Crippen LogP contribution in [-0.4, -0.2) is 52.8 Å². The highest BCUT2D eigenvalue weighted by atomic mass is 16.2. The third-order valence-corrected chi connectivity index (χ3v) is 4.68. The zero-order valence-electron chi connectivity index (χ0n) is 17.4. The van der Waals surface area contributed by atoms with Gasteiger partial charge in [0.05, 0.1) is 12.1 Å². The van der Waals surface area contributed by atoms with Gasteiger partial charge in [-0.05, 0) is 52.0 Å². The van der Waals surface area contributed by atoms with E-state index in [2.05, 4.69) is 10.3 Å². The number of rotatable bonds is 2. The number of hydrogen-bond acceptors (Lipinski definition) is 4. The molecule has 3 amide bonds. The van der Waals surface area contributed by atoms with Gasteiger partial charge < -0.3 is 10.2 Å². The number of hydrogen-bond donors (Lipinski definition) is 1. The van der Waals surface area contributed by atoms with Crippen molar-refractivity contribution < 1.29 is 14.4 Å². The molecular weight excluding hydrogens is 368 g/mol. The average molecular weight is 394 g/mol. The first-order valence-corrected chi connectivity index (χ1v) is 9.51. The van der Waals surface area contributed by atoms with Gasteiger partial charge in [0, 0.05) is 24.5 Å². The number of amides is 3. The molecule has 1 unspecified atom stereocenters. The Bertz CT molecular complexity index is 947. The van der Waals surface area contributed by atoms with Gasteiger partial charge >= 0.3 is 0 Å². The van der Waals surface area contributed by atoms with Crippen molar-refractivity contribution in [1.82, 2.24) is 15.2 Å². The van der Waals surface area contributed by atoms with Gasteiger partial charge in [-0.1, -0.05) is 17.7 Å². The Balaban J connectivity index is 2.17. The lowest BCUT2D eigenvalue weighted by molar-refractivity contribution is -0.124. The summed E-state index contributed by atoms with van der Waals surface area (Å²) in [4.78, 5) is 46.6. The lowest BCUT2D eigenvalue weighted by atomic mass is 10.0. The Hall–Kier alpha value is -3.22. The summed E-state index contributed by atoms with van der Waals surface area (Å²) in [5, 5.41) is 2.94. The first-order chi connectivity index (χ1) is 13.6. The van der Waals surface area contributed by atoms with Gasteiger partial charge in [0.1, 0.15) is 11.7 Å². The van der Waals surface area contributed by atoms with Gasteiger partial charge in [-0.25, -0.2) is 0 Å². The number of benzene rings is 1. The minimum Gasteiger partial charge on any atom is -0.350 e. The van der Waals surface area contributed by atoms with Crippen LogP contribution in [0.2, 0.25) is 0 Å². The van der Waals surface area contributed by atoms with E-state index in [0.29, 0.717) is 5.69 Å². The molecular formula is C22H26N4O3. The molecule has 29 heavy (non-hydrogen) atoms. The minimum absolute atomic E-state index is 0.0400. The highest BCUT2D eigenvalue weighted by Crippen LogP contribution is 2.25. The number of anilines is 1. The quantitative estimate of drug-likeness (QED) is 0.848. The Kier molecular flexibility index (Phi) is 5.42. The van der Waals surface area contributed by atoms with E-state index < -0.39 is 17.5 Å². The molecule has 1 aliphatic heterocycles. The standard InChI is InChI=1S/C22H26N4O3/c1-14-8-10-15(11-9-14)26-17(19(27)24-22(2,3)4)13-25(5)20(28)16-7-6-12-23-18(16)21(26)29/h6-12,17H,13H2,1-5H3,(H,24,27). The Morgan fingerprint density at radius 1 is 1.10 bits per heavy atom. The summed E-state index contributed by atoms with van der Waals surface area (Å²) in [6.07, 6.45) is 1.48. The molecule has 0 saturated carbocycles. The summed E-state index contributed by atoms with van der Waals surface area (Å²) >= 11 is 0. The van der Waals surface area contributed by atoms with Crippen LogP contribution in [0.15, 0.2) is 42.6 Å². The molecule has 0 bridgehead atoms. The first-order valence-electron chi connectivity index (χ1n) is 9.51. The zero-order chi connectivity index (χ0) is 21.3. The fourth-order valence-corrected chi connectivity index (χ4v) is 3.29. The van der Waals surface area contributed by atoms with Crippen LogP contribution in [-0.2, 0) is 4.79 Å². The van der Waals surface area contributed by atoms with Crippen molar-refractivity contribution >= 4 is 23.4 Å². The third-order valence-electron chi connectivity index (χ3n) is 4.68. The second-order valence-corrected chi connectivity index (χ2v) is 8.35. The van der Waals surface area contributed by atoms with Gasteiger partial charge in [-0.2, -0.15) is 0 Å². The molecule has 0 fully saturated rings. The number of nitrogens with zero attached hydrogens (tertiary/aromatic N) is 3. The van der Waals surface area contributed by atoms with Crippen LogP contribution in [0.4, 0.5) is 5.69 Å². The normalized spacial score (nSPS) is 17.5. The number of carbonyl (C=O) groups is 3. The topological polar surface area (TPSA) is 82.6 Å². The number of nitrogens with one attached hydrogen (secondary N) is 1. The van der Waals surface area contributed by atoms with Gasteiger partial charge in [-0.15, -0.1) is 0 Å². The van der Waals surface area contributed by atoms with Crippen LogP contribution in [0.3, 0.4) is 0 Å². The number of carbonyl (C=O) groups excluding carboxylic acids is 3. The highest BCUT2D eigenvalue weighted by molar-refractivity contribution is 6.15. The van der Waals surface area contributed by atoms with Crippen LogP contribution in [0.25, 0.3) is 0 Å². The zero-order valence-corrected chi connectivity index (χ0v) is 17.4. The van der Waals surface area contributed by atoms with Crippen LogP contribution < -0.4 is 10.2 Å². The molecule has 1 atom stereocenters. The van der Waals surface area contributed by atoms with Gasteiger partial charge in [0.25, 0.3) is 11.8 Å². The molecule has 7 heteroatoms. The van der Waals surface area contributed by atoms with Crippen molar-refractivity contribution in [2.45, 2.75) is 39.3 Å². The summed E-state index contributed by atoms with van der Waals surface area (Å²) < 4.78 is 0. The molecule has 0 radical (unpaired) electrons. The Labute approximate surface area is 170 Å². The monoisotopic (exact) mass is 394 g/mol. The maximum atomic E-state index is 13.5. The number of aromatic nitrogens is 1. The number of fused-ring (bicyclic) bond motifs is 1. The van der Waals surface area contributed by atoms with E-state index >= 15 is 0 Å². The van der Waals surface area contributed by atoms with Crippen LogP contribution in [0.1, 0.15) is 47.2 Å². The smallest absolute Gasteiger partial charge is 0.278 e. The molecule has 1 aromatic heterocycles. The van der Waals surface area contributed by atoms with Crippen LogP contribution in [0, 0.1) is 6.92 Å². The summed E-state index contributed by atoms with van der Waals surface area (Å²) in [5.41, 5.74) is 1.40. The van der Waals surface area contributed by atoms with E-state index in [1.165, 1.54) is 16.0 Å². The fourth-order valence-electron chi connectivity index (χ4n) is 3.29. The molecule has 3 rings (SSSR count). The first kappa shape index (κ1) is 20.5. The van der Waals surface area contributed by atoms with Crippen LogP contribution >= 0.6 is 0 Å². The maximum absolute atomic E-state index is 13.5. The second kappa shape index (κ2) is 7.66. The largest absolute Gasteiger partial charge is 0.350 e. The third kappa shape index (κ3) is 4.29. The number of pyridine rings is 1. The van der Waals surface area contributed by atoms with E-state index in [4.69, 9.17) is 0 Å². The predicted octanol–water partition coefficient (Wildman–Crippen LogP) is 2.41. The summed E-state index contributed by atoms with van der Waals surface area (Å²) in [6, 6.07) is 9.69. The maximum Gasteiger partial charge on any atom is 0.278 e. The number of likely N-dealkylation sites (N-methyl/N-ethyl adjacent to an activating group) is 1. The molecule has 2 heterocycles. The SMILES string of the molecule is Cc1ccc(N2C(=O)c3ncccc3C(=O)N(C)CC2C(=O)NC(C)(C)C)cc1. The van der Waals surface area contributed by atoms with Crippen molar-refractivity contribution in [1.29, 1.82) is 0 Å². The Morgan fingerprint density at radius 3 is 2.38 bits per heavy atom. The molecule has 0 aliphatic carbocycles. The molecule has 152 valence electrons. The summed E-state index contributed by atoms with van der Waals surface area (Å²) in [5.74, 6) is -1.14. The molecule has 1 aromatic carbocycles. The molecule has 2 aromatic rings. The summed E-state index contributed by atoms with van der Waals surface area (Å²) in [7, 11) is 1.62. The fraction of sp³-hybridized carbons (Fsp3) is 0.364. The van der Waals surface area contributed by atoms with Gasteiger partial charge in [0.2, 0.25) is 5.91 Å². The van der Waals surface area contributed by atoms with Gasteiger partial charge in [0.15, 0.2) is 0 Å². The minimum atomic E-state index is -0.895. The average Bonchev–Trinajstić information content (AvgIpc) is 2.66. The van der Waals surface area contributed by atoms with Crippen molar-refractivity contribution in [3.63, 3.8) is 0 Å². The summed E-state index contributed by atoms with van der Waals surface area (Å²) in [6.45, 7) is 7.63. The lowest BCUT2D eigenvalue weighted by Crippen LogP contribution is -2.59. The van der Waals surface area contributed by atoms with Gasteiger partial charge in [-0.3, -0.25) is 24.3 Å². The van der Waals surface area contributed by atoms with E-state index in [9.17, 15) is 14.4 Å². The predicted molar refractivity (Wildman–Crippen MR) is 111 cm³/mol. The van der Waals surface area contributed by atoms with E-state index in [1.54, 1.807) is 31.3 Å². The van der Waals surface area contributed by atoms with Crippen molar-refractivity contribution in [2.24, 2.45) is 0 Å². The Morgan fingerprint density at radius 2 is 1.76 bits per heavy atom. The molecule has 0 saturated heterocycles. The van der Waals surface area contributed by atoms with E-state index in [-0.39, 0.29) is 29.6 Å². The molecule has 1 N–H and O–H groups in total. The van der Waals surface area contributed by atoms with Crippen molar-refractivity contribution in [3.8, 4) is 0 Å². The van der Waals surface area contributed by atoms with Crippen molar-refractivity contribution in [3.05, 3.63) is 59.4 Å². The van der Waals surface area contributed by atoms with E-state index in [1.807, 2.05) is 39.8 Å². The molecule has 0 spiro atoms. The molecule has 1 aliphatic rings. The highest BCUT2D eigenvalue weighted by Gasteiger charge is 2.39. The van der Waals surface area contributed by atoms with Crippen molar-refractivity contribution in [2.75, 3.05) is 18.5 Å². The lowest BCUT2D eigenvalue weighted by Gasteiger charge is -2.37. The van der Waals surface area contributed by atoms with Crippen LogP contribution in [0.5, 0.6) is 0 Å².